The van der Waals surface area contributed by atoms with Crippen molar-refractivity contribution in [2.75, 3.05) is 26.8 Å². The molecule has 0 aromatic carbocycles. The third kappa shape index (κ3) is 3.96. The van der Waals surface area contributed by atoms with Gasteiger partial charge in [0.25, 0.3) is 0 Å². The molecule has 4 atom stereocenters. The van der Waals surface area contributed by atoms with Crippen LogP contribution in [0.4, 0.5) is 0 Å². The lowest BCUT2D eigenvalue weighted by Crippen LogP contribution is -2.58. The maximum absolute atomic E-state index is 5.53. The maximum Gasteiger partial charge on any atom is 0.0480 e. The molecule has 0 aromatic rings. The average Bonchev–Trinajstić information content (AvgIpc) is 2.45. The molecule has 3 heteroatoms. The normalized spacial score (nSPS) is 36.5. The molecule has 1 saturated carbocycles. The Morgan fingerprint density at radius 3 is 2.50 bits per heavy atom. The number of ether oxygens (including phenoxy) is 1. The van der Waals surface area contributed by atoms with Crippen molar-refractivity contribution in [1.29, 1.82) is 0 Å². The van der Waals surface area contributed by atoms with Gasteiger partial charge < -0.3 is 10.1 Å². The molecule has 3 nitrogen and oxygen atoms in total. The Bertz CT molecular complexity index is 276. The SMILES string of the molecule is CCCNC1CC(C)CC(C)C1N(C)C1CCOCC1. The highest BCUT2D eigenvalue weighted by molar-refractivity contribution is 4.95. The van der Waals surface area contributed by atoms with Crippen LogP contribution in [0.5, 0.6) is 0 Å². The van der Waals surface area contributed by atoms with Crippen LogP contribution in [-0.2, 0) is 4.74 Å². The van der Waals surface area contributed by atoms with Crippen molar-refractivity contribution in [3.05, 3.63) is 0 Å². The molecule has 1 saturated heterocycles. The Labute approximate surface area is 125 Å². The minimum absolute atomic E-state index is 0.668. The van der Waals surface area contributed by atoms with E-state index < -0.39 is 0 Å². The summed E-state index contributed by atoms with van der Waals surface area (Å²) in [6.45, 7) is 10.2. The second-order valence-corrected chi connectivity index (χ2v) is 7.11. The Kier molecular flexibility index (Phi) is 6.31. The highest BCUT2D eigenvalue weighted by Crippen LogP contribution is 2.33. The molecule has 2 aliphatic rings. The maximum atomic E-state index is 5.53. The van der Waals surface area contributed by atoms with Crippen molar-refractivity contribution in [2.45, 2.75) is 71.0 Å². The molecule has 1 aliphatic carbocycles. The lowest BCUT2D eigenvalue weighted by Gasteiger charge is -2.48. The Hall–Kier alpha value is -0.120. The van der Waals surface area contributed by atoms with E-state index in [2.05, 4.69) is 38.0 Å². The second kappa shape index (κ2) is 7.77. The number of nitrogens with one attached hydrogen (secondary N) is 1. The molecule has 4 unspecified atom stereocenters. The summed E-state index contributed by atoms with van der Waals surface area (Å²) in [7, 11) is 2.35. The fourth-order valence-corrected chi connectivity index (χ4v) is 4.39. The van der Waals surface area contributed by atoms with Gasteiger partial charge >= 0.3 is 0 Å². The van der Waals surface area contributed by atoms with Crippen LogP contribution in [0.15, 0.2) is 0 Å². The molecule has 1 heterocycles. The van der Waals surface area contributed by atoms with Crippen LogP contribution in [-0.4, -0.2) is 49.8 Å². The van der Waals surface area contributed by atoms with Crippen molar-refractivity contribution in [3.8, 4) is 0 Å². The van der Waals surface area contributed by atoms with Crippen molar-refractivity contribution in [2.24, 2.45) is 11.8 Å². The third-order valence-electron chi connectivity index (χ3n) is 5.32. The topological polar surface area (TPSA) is 24.5 Å². The third-order valence-corrected chi connectivity index (χ3v) is 5.32. The molecule has 0 bridgehead atoms. The second-order valence-electron chi connectivity index (χ2n) is 7.11. The van der Waals surface area contributed by atoms with Crippen LogP contribution in [0.3, 0.4) is 0 Å². The monoisotopic (exact) mass is 282 g/mol. The van der Waals surface area contributed by atoms with Gasteiger partial charge in [0, 0.05) is 31.3 Å². The highest BCUT2D eigenvalue weighted by atomic mass is 16.5. The Morgan fingerprint density at radius 1 is 1.15 bits per heavy atom. The molecule has 0 radical (unpaired) electrons. The van der Waals surface area contributed by atoms with Crippen molar-refractivity contribution >= 4 is 0 Å². The van der Waals surface area contributed by atoms with E-state index in [-0.39, 0.29) is 0 Å². The van der Waals surface area contributed by atoms with Crippen molar-refractivity contribution in [3.63, 3.8) is 0 Å². The van der Waals surface area contributed by atoms with E-state index in [1.54, 1.807) is 0 Å². The van der Waals surface area contributed by atoms with Gasteiger partial charge in [-0.25, -0.2) is 0 Å². The first-order chi connectivity index (χ1) is 9.63. The highest BCUT2D eigenvalue weighted by Gasteiger charge is 2.38. The summed E-state index contributed by atoms with van der Waals surface area (Å²) in [6, 6.07) is 2.08. The van der Waals surface area contributed by atoms with E-state index >= 15 is 0 Å². The number of nitrogens with zero attached hydrogens (tertiary/aromatic N) is 1. The van der Waals surface area contributed by atoms with Gasteiger partial charge in [0.15, 0.2) is 0 Å². The van der Waals surface area contributed by atoms with Crippen molar-refractivity contribution in [1.82, 2.24) is 10.2 Å². The summed E-state index contributed by atoms with van der Waals surface area (Å²) in [6.07, 6.45) is 6.35. The quantitative estimate of drug-likeness (QED) is 0.839. The van der Waals surface area contributed by atoms with Crippen LogP contribution >= 0.6 is 0 Å². The van der Waals surface area contributed by atoms with E-state index in [0.717, 1.165) is 37.6 Å². The van der Waals surface area contributed by atoms with Crippen LogP contribution in [0, 0.1) is 11.8 Å². The molecule has 0 spiro atoms. The molecule has 118 valence electrons. The van der Waals surface area contributed by atoms with Crippen LogP contribution in [0.1, 0.15) is 52.9 Å². The van der Waals surface area contributed by atoms with Gasteiger partial charge in [0.2, 0.25) is 0 Å². The summed E-state index contributed by atoms with van der Waals surface area (Å²) < 4.78 is 5.53. The van der Waals surface area contributed by atoms with Gasteiger partial charge in [-0.1, -0.05) is 20.8 Å². The van der Waals surface area contributed by atoms with Gasteiger partial charge in [-0.3, -0.25) is 4.90 Å². The number of hydrogen-bond donors (Lipinski definition) is 1. The Morgan fingerprint density at radius 2 is 1.85 bits per heavy atom. The first kappa shape index (κ1) is 16.3. The van der Waals surface area contributed by atoms with Gasteiger partial charge in [-0.2, -0.15) is 0 Å². The molecule has 2 rings (SSSR count). The van der Waals surface area contributed by atoms with Crippen molar-refractivity contribution < 1.29 is 4.74 Å². The van der Waals surface area contributed by atoms with Crippen LogP contribution in [0.2, 0.25) is 0 Å². The molecule has 0 amide bonds. The van der Waals surface area contributed by atoms with Crippen LogP contribution < -0.4 is 5.32 Å². The smallest absolute Gasteiger partial charge is 0.0480 e. The zero-order valence-corrected chi connectivity index (χ0v) is 13.9. The molecule has 1 N–H and O–H groups in total. The molecule has 1 aliphatic heterocycles. The predicted molar refractivity (Wildman–Crippen MR) is 85.0 cm³/mol. The lowest BCUT2D eigenvalue weighted by molar-refractivity contribution is -0.00556. The average molecular weight is 282 g/mol. The number of hydrogen-bond acceptors (Lipinski definition) is 3. The van der Waals surface area contributed by atoms with Crippen LogP contribution in [0.25, 0.3) is 0 Å². The number of likely N-dealkylation sites (N-methyl/N-ethyl adjacent to an activating group) is 1. The zero-order chi connectivity index (χ0) is 14.5. The molecule has 0 aromatic heterocycles. The minimum atomic E-state index is 0.668. The van der Waals surface area contributed by atoms with Gasteiger partial charge in [-0.05, 0) is 57.5 Å². The summed E-state index contributed by atoms with van der Waals surface area (Å²) in [5, 5.41) is 3.83. The number of rotatable bonds is 5. The van der Waals surface area contributed by atoms with E-state index in [1.807, 2.05) is 0 Å². The van der Waals surface area contributed by atoms with Gasteiger partial charge in [0.1, 0.15) is 0 Å². The van der Waals surface area contributed by atoms with E-state index in [4.69, 9.17) is 4.74 Å². The first-order valence-corrected chi connectivity index (χ1v) is 8.66. The Balaban J connectivity index is 2.02. The fraction of sp³-hybridized carbons (Fsp3) is 1.00. The minimum Gasteiger partial charge on any atom is -0.381 e. The van der Waals surface area contributed by atoms with E-state index in [0.29, 0.717) is 12.1 Å². The first-order valence-electron chi connectivity index (χ1n) is 8.66. The largest absolute Gasteiger partial charge is 0.381 e. The zero-order valence-electron chi connectivity index (χ0n) is 13.9. The summed E-state index contributed by atoms with van der Waals surface area (Å²) in [4.78, 5) is 2.69. The molecule has 20 heavy (non-hydrogen) atoms. The van der Waals surface area contributed by atoms with E-state index in [1.165, 1.54) is 32.1 Å². The van der Waals surface area contributed by atoms with Gasteiger partial charge in [0.05, 0.1) is 0 Å². The predicted octanol–water partition coefficient (Wildman–Crippen LogP) is 2.90. The standard InChI is InChI=1S/C17H34N2O/c1-5-8-18-16-12-13(2)11-14(3)17(16)19(4)15-6-9-20-10-7-15/h13-18H,5-12H2,1-4H3. The molecular weight excluding hydrogens is 248 g/mol. The van der Waals surface area contributed by atoms with E-state index in [9.17, 15) is 0 Å². The molecular formula is C17H34N2O. The summed E-state index contributed by atoms with van der Waals surface area (Å²) >= 11 is 0. The van der Waals surface area contributed by atoms with Gasteiger partial charge in [-0.15, -0.1) is 0 Å². The lowest BCUT2D eigenvalue weighted by atomic mass is 9.75. The molecule has 2 fully saturated rings. The fourth-order valence-electron chi connectivity index (χ4n) is 4.39. The summed E-state index contributed by atoms with van der Waals surface area (Å²) in [5.41, 5.74) is 0. The summed E-state index contributed by atoms with van der Waals surface area (Å²) in [5.74, 6) is 1.65.